The first kappa shape index (κ1) is 7.88. The standard InChI is InChI=1S/C11H11NO2/c13-11-3-1-2-10-9(11)5-7(12-10)4-8-6-14-8/h1-3,5,8,12-13H,4,6H2. The number of rotatable bonds is 2. The zero-order valence-corrected chi connectivity index (χ0v) is 7.66. The number of phenolic OH excluding ortho intramolecular Hbond substituents is 1. The Hall–Kier alpha value is -1.48. The number of aromatic hydroxyl groups is 1. The molecule has 0 aliphatic carbocycles. The van der Waals surface area contributed by atoms with Gasteiger partial charge in [0.1, 0.15) is 5.75 Å². The number of aromatic nitrogens is 1. The number of benzene rings is 1. The van der Waals surface area contributed by atoms with Crippen LogP contribution in [0.2, 0.25) is 0 Å². The Kier molecular flexibility index (Phi) is 1.55. The highest BCUT2D eigenvalue weighted by Crippen LogP contribution is 2.26. The molecule has 3 heteroatoms. The molecule has 1 aliphatic heterocycles. The van der Waals surface area contributed by atoms with Crippen molar-refractivity contribution in [2.75, 3.05) is 6.61 Å². The zero-order valence-electron chi connectivity index (χ0n) is 7.66. The molecule has 0 spiro atoms. The quantitative estimate of drug-likeness (QED) is 0.708. The zero-order chi connectivity index (χ0) is 9.54. The predicted octanol–water partition coefficient (Wildman–Crippen LogP) is 1.81. The molecule has 2 N–H and O–H groups in total. The number of hydrogen-bond acceptors (Lipinski definition) is 2. The van der Waals surface area contributed by atoms with Gasteiger partial charge in [-0.05, 0) is 18.2 Å². The van der Waals surface area contributed by atoms with Gasteiger partial charge in [-0.25, -0.2) is 0 Å². The van der Waals surface area contributed by atoms with Gasteiger partial charge < -0.3 is 14.8 Å². The molecule has 1 aromatic carbocycles. The summed E-state index contributed by atoms with van der Waals surface area (Å²) < 4.78 is 5.16. The molecular formula is C11H11NO2. The van der Waals surface area contributed by atoms with Gasteiger partial charge in [-0.1, -0.05) is 6.07 Å². The van der Waals surface area contributed by atoms with E-state index in [-0.39, 0.29) is 0 Å². The summed E-state index contributed by atoms with van der Waals surface area (Å²) in [7, 11) is 0. The van der Waals surface area contributed by atoms with Crippen molar-refractivity contribution in [2.45, 2.75) is 12.5 Å². The van der Waals surface area contributed by atoms with E-state index < -0.39 is 0 Å². The lowest BCUT2D eigenvalue weighted by atomic mass is 10.2. The monoisotopic (exact) mass is 189 g/mol. The summed E-state index contributed by atoms with van der Waals surface area (Å²) in [5.41, 5.74) is 2.12. The van der Waals surface area contributed by atoms with Crippen LogP contribution in [0.5, 0.6) is 5.75 Å². The summed E-state index contributed by atoms with van der Waals surface area (Å²) in [4.78, 5) is 3.27. The second kappa shape index (κ2) is 2.75. The average molecular weight is 189 g/mol. The molecule has 72 valence electrons. The van der Waals surface area contributed by atoms with Crippen molar-refractivity contribution >= 4 is 10.9 Å². The first-order valence-corrected chi connectivity index (χ1v) is 4.74. The van der Waals surface area contributed by atoms with Gasteiger partial charge in [-0.15, -0.1) is 0 Å². The van der Waals surface area contributed by atoms with Crippen LogP contribution < -0.4 is 0 Å². The fourth-order valence-corrected chi connectivity index (χ4v) is 1.74. The Balaban J connectivity index is 2.05. The number of phenols is 1. The highest BCUT2D eigenvalue weighted by atomic mass is 16.6. The second-order valence-electron chi connectivity index (χ2n) is 3.69. The van der Waals surface area contributed by atoms with E-state index in [0.29, 0.717) is 11.9 Å². The average Bonchev–Trinajstić information content (AvgIpc) is 2.84. The van der Waals surface area contributed by atoms with Gasteiger partial charge in [0, 0.05) is 23.0 Å². The Bertz CT molecular complexity index is 471. The summed E-state index contributed by atoms with van der Waals surface area (Å²) in [6, 6.07) is 7.50. The number of hydrogen-bond donors (Lipinski definition) is 2. The molecule has 0 radical (unpaired) electrons. The first-order chi connectivity index (χ1) is 6.83. The van der Waals surface area contributed by atoms with Gasteiger partial charge in [0.15, 0.2) is 0 Å². The minimum absolute atomic E-state index is 0.335. The Morgan fingerprint density at radius 2 is 2.36 bits per heavy atom. The van der Waals surface area contributed by atoms with Gasteiger partial charge in [0.2, 0.25) is 0 Å². The number of ether oxygens (including phenoxy) is 1. The highest BCUT2D eigenvalue weighted by molar-refractivity contribution is 5.86. The smallest absolute Gasteiger partial charge is 0.124 e. The molecule has 1 aliphatic rings. The van der Waals surface area contributed by atoms with Crippen molar-refractivity contribution in [1.29, 1.82) is 0 Å². The normalized spacial score (nSPS) is 20.1. The number of fused-ring (bicyclic) bond motifs is 1. The lowest BCUT2D eigenvalue weighted by Gasteiger charge is -1.91. The summed E-state index contributed by atoms with van der Waals surface area (Å²) in [6.45, 7) is 0.862. The maximum Gasteiger partial charge on any atom is 0.124 e. The van der Waals surface area contributed by atoms with Crippen LogP contribution in [0.15, 0.2) is 24.3 Å². The molecule has 1 atom stereocenters. The molecule has 1 unspecified atom stereocenters. The number of H-pyrrole nitrogens is 1. The predicted molar refractivity (Wildman–Crippen MR) is 53.4 cm³/mol. The number of aromatic amines is 1. The third-order valence-corrected chi connectivity index (χ3v) is 2.55. The Morgan fingerprint density at radius 3 is 3.07 bits per heavy atom. The molecule has 14 heavy (non-hydrogen) atoms. The van der Waals surface area contributed by atoms with E-state index in [2.05, 4.69) is 4.98 Å². The van der Waals surface area contributed by atoms with Crippen molar-refractivity contribution in [3.63, 3.8) is 0 Å². The van der Waals surface area contributed by atoms with Gasteiger partial charge in [-0.3, -0.25) is 0 Å². The van der Waals surface area contributed by atoms with E-state index in [9.17, 15) is 5.11 Å². The molecular weight excluding hydrogens is 178 g/mol. The summed E-state index contributed by atoms with van der Waals surface area (Å²) >= 11 is 0. The van der Waals surface area contributed by atoms with Crippen LogP contribution in [0.25, 0.3) is 10.9 Å². The van der Waals surface area contributed by atoms with E-state index in [1.54, 1.807) is 6.07 Å². The van der Waals surface area contributed by atoms with Gasteiger partial charge >= 0.3 is 0 Å². The van der Waals surface area contributed by atoms with Crippen molar-refractivity contribution in [1.82, 2.24) is 4.98 Å². The summed E-state index contributed by atoms with van der Waals surface area (Å²) in [5, 5.41) is 10.5. The van der Waals surface area contributed by atoms with E-state index in [4.69, 9.17) is 4.74 Å². The van der Waals surface area contributed by atoms with E-state index in [1.165, 1.54) is 0 Å². The van der Waals surface area contributed by atoms with Crippen LogP contribution in [0.3, 0.4) is 0 Å². The number of nitrogens with one attached hydrogen (secondary N) is 1. The van der Waals surface area contributed by atoms with Crippen molar-refractivity contribution in [3.05, 3.63) is 30.0 Å². The molecule has 2 aromatic rings. The second-order valence-corrected chi connectivity index (χ2v) is 3.69. The lowest BCUT2D eigenvalue weighted by molar-refractivity contribution is 0.406. The Labute approximate surface area is 81.3 Å². The Morgan fingerprint density at radius 1 is 1.50 bits per heavy atom. The maximum atomic E-state index is 9.58. The molecule has 0 bridgehead atoms. The van der Waals surface area contributed by atoms with Crippen LogP contribution in [-0.4, -0.2) is 22.8 Å². The SMILES string of the molecule is Oc1cccc2[nH]c(CC3CO3)cc12. The maximum absolute atomic E-state index is 9.58. The topological polar surface area (TPSA) is 48.5 Å². The molecule has 0 saturated carbocycles. The number of epoxide rings is 1. The lowest BCUT2D eigenvalue weighted by Crippen LogP contribution is -1.91. The molecule has 2 heterocycles. The molecule has 3 nitrogen and oxygen atoms in total. The van der Waals surface area contributed by atoms with Gasteiger partial charge in [0.05, 0.1) is 12.7 Å². The van der Waals surface area contributed by atoms with E-state index in [1.807, 2.05) is 18.2 Å². The summed E-state index contributed by atoms with van der Waals surface area (Å²) in [6.07, 6.45) is 1.29. The fourth-order valence-electron chi connectivity index (χ4n) is 1.74. The van der Waals surface area contributed by atoms with E-state index in [0.717, 1.165) is 29.6 Å². The highest BCUT2D eigenvalue weighted by Gasteiger charge is 2.23. The van der Waals surface area contributed by atoms with Crippen molar-refractivity contribution in [3.8, 4) is 5.75 Å². The minimum atomic E-state index is 0.335. The molecule has 0 amide bonds. The van der Waals surface area contributed by atoms with E-state index >= 15 is 0 Å². The van der Waals surface area contributed by atoms with Crippen LogP contribution >= 0.6 is 0 Å². The largest absolute Gasteiger partial charge is 0.507 e. The van der Waals surface area contributed by atoms with Crippen molar-refractivity contribution < 1.29 is 9.84 Å². The van der Waals surface area contributed by atoms with Crippen LogP contribution in [0.1, 0.15) is 5.69 Å². The van der Waals surface area contributed by atoms with Crippen LogP contribution in [0.4, 0.5) is 0 Å². The third kappa shape index (κ3) is 1.26. The van der Waals surface area contributed by atoms with Gasteiger partial charge in [-0.2, -0.15) is 0 Å². The van der Waals surface area contributed by atoms with Crippen molar-refractivity contribution in [2.24, 2.45) is 0 Å². The molecule has 1 saturated heterocycles. The third-order valence-electron chi connectivity index (χ3n) is 2.55. The van der Waals surface area contributed by atoms with Crippen LogP contribution in [0, 0.1) is 0 Å². The molecule has 1 fully saturated rings. The first-order valence-electron chi connectivity index (χ1n) is 4.74. The molecule has 3 rings (SSSR count). The van der Waals surface area contributed by atoms with Crippen LogP contribution in [-0.2, 0) is 11.2 Å². The summed E-state index contributed by atoms with van der Waals surface area (Å²) in [5.74, 6) is 0.335. The fraction of sp³-hybridized carbons (Fsp3) is 0.273. The van der Waals surface area contributed by atoms with Gasteiger partial charge in [0.25, 0.3) is 0 Å². The molecule has 1 aromatic heterocycles. The minimum Gasteiger partial charge on any atom is -0.507 e.